The minimum absolute atomic E-state index is 0.0780. The Labute approximate surface area is 219 Å². The van der Waals surface area contributed by atoms with Gasteiger partial charge in [0.2, 0.25) is 5.90 Å². The Morgan fingerprint density at radius 3 is 2.52 bits per heavy atom. The third-order valence-electron chi connectivity index (χ3n) is 4.63. The molecule has 3 aromatic rings. The highest BCUT2D eigenvalue weighted by atomic mass is 127. The molecule has 0 saturated carbocycles. The number of carbonyl (C=O) groups is 1. The molecule has 9 heteroatoms. The van der Waals surface area contributed by atoms with Crippen LogP contribution < -0.4 is 9.47 Å². The van der Waals surface area contributed by atoms with Gasteiger partial charge in [-0.3, -0.25) is 0 Å². The predicted molar refractivity (Wildman–Crippen MR) is 139 cm³/mol. The molecule has 4 rings (SSSR count). The second-order valence-electron chi connectivity index (χ2n) is 6.91. The van der Waals surface area contributed by atoms with E-state index >= 15 is 0 Å². The van der Waals surface area contributed by atoms with E-state index in [1.165, 1.54) is 7.11 Å². The maximum absolute atomic E-state index is 12.4. The van der Waals surface area contributed by atoms with Crippen molar-refractivity contribution in [1.29, 1.82) is 0 Å². The molecule has 0 N–H and O–H groups in total. The molecule has 0 radical (unpaired) electrons. The first-order chi connectivity index (χ1) is 15.8. The normalized spacial score (nSPS) is 14.3. The van der Waals surface area contributed by atoms with E-state index in [0.717, 1.165) is 9.13 Å². The second kappa shape index (κ2) is 10.3. The fraction of sp³-hybridized carbons (Fsp3) is 0.0833. The lowest BCUT2D eigenvalue weighted by molar-refractivity contribution is -0.129. The molecule has 0 atom stereocenters. The highest BCUT2D eigenvalue weighted by Crippen LogP contribution is 2.38. The monoisotopic (exact) mass is 613 g/mol. The largest absolute Gasteiger partial charge is 0.493 e. The average molecular weight is 615 g/mol. The zero-order valence-corrected chi connectivity index (χ0v) is 21.5. The lowest BCUT2D eigenvalue weighted by Gasteiger charge is -2.13. The summed E-state index contributed by atoms with van der Waals surface area (Å²) in [4.78, 5) is 16.7. The van der Waals surface area contributed by atoms with Crippen LogP contribution in [0, 0.1) is 3.57 Å². The summed E-state index contributed by atoms with van der Waals surface area (Å²) in [5.74, 6) is 0.293. The van der Waals surface area contributed by atoms with Gasteiger partial charge in [0.1, 0.15) is 6.61 Å². The first-order valence-electron chi connectivity index (χ1n) is 9.57. The summed E-state index contributed by atoms with van der Waals surface area (Å²) in [6.45, 7) is 0.327. The molecule has 1 aliphatic rings. The Hall–Kier alpha value is -2.26. The van der Waals surface area contributed by atoms with E-state index in [0.29, 0.717) is 44.3 Å². The molecule has 168 valence electrons. The van der Waals surface area contributed by atoms with Gasteiger partial charge in [-0.05, 0) is 82.3 Å². The number of benzene rings is 3. The van der Waals surface area contributed by atoms with Crippen LogP contribution in [0.5, 0.6) is 11.5 Å². The fourth-order valence-corrected chi connectivity index (χ4v) is 4.05. The van der Waals surface area contributed by atoms with Crippen molar-refractivity contribution in [3.63, 3.8) is 0 Å². The number of esters is 1. The zero-order chi connectivity index (χ0) is 23.5. The number of cyclic esters (lactones) is 1. The molecule has 0 aromatic heterocycles. The van der Waals surface area contributed by atoms with E-state index in [1.54, 1.807) is 36.4 Å². The van der Waals surface area contributed by atoms with Gasteiger partial charge in [0.25, 0.3) is 0 Å². The first kappa shape index (κ1) is 23.9. The minimum atomic E-state index is -0.616. The van der Waals surface area contributed by atoms with Crippen molar-refractivity contribution in [2.45, 2.75) is 6.61 Å². The zero-order valence-electron chi connectivity index (χ0n) is 17.1. The van der Waals surface area contributed by atoms with Crippen LogP contribution in [0.4, 0.5) is 0 Å². The number of hydrogen-bond donors (Lipinski definition) is 0. The quantitative estimate of drug-likeness (QED) is 0.168. The number of carbonyl (C=O) groups excluding carboxylic acids is 1. The van der Waals surface area contributed by atoms with Crippen molar-refractivity contribution >= 4 is 75.3 Å². The summed E-state index contributed by atoms with van der Waals surface area (Å²) in [7, 11) is 1.52. The molecule has 1 heterocycles. The average Bonchev–Trinajstić information content (AvgIpc) is 3.15. The van der Waals surface area contributed by atoms with Crippen LogP contribution in [0.2, 0.25) is 15.1 Å². The third-order valence-corrected chi connectivity index (χ3v) is 6.20. The highest BCUT2D eigenvalue weighted by molar-refractivity contribution is 14.1. The molecule has 33 heavy (non-hydrogen) atoms. The molecule has 0 amide bonds. The van der Waals surface area contributed by atoms with Crippen molar-refractivity contribution in [2.24, 2.45) is 4.99 Å². The molecule has 1 aliphatic heterocycles. The van der Waals surface area contributed by atoms with Gasteiger partial charge in [-0.15, -0.1) is 0 Å². The predicted octanol–water partition coefficient (Wildman–Crippen LogP) is 7.18. The maximum Gasteiger partial charge on any atom is 0.363 e. The number of halogens is 4. The van der Waals surface area contributed by atoms with Gasteiger partial charge >= 0.3 is 5.97 Å². The molecule has 0 fully saturated rings. The molecular weight excluding hydrogens is 600 g/mol. The molecule has 0 spiro atoms. The van der Waals surface area contributed by atoms with Crippen molar-refractivity contribution in [3.8, 4) is 11.5 Å². The Morgan fingerprint density at radius 1 is 1.03 bits per heavy atom. The van der Waals surface area contributed by atoms with Crippen molar-refractivity contribution in [2.75, 3.05) is 7.11 Å². The summed E-state index contributed by atoms with van der Waals surface area (Å²) in [5.41, 5.74) is 2.10. The lowest BCUT2D eigenvalue weighted by Crippen LogP contribution is -2.06. The van der Waals surface area contributed by atoms with E-state index in [4.69, 9.17) is 49.0 Å². The smallest absolute Gasteiger partial charge is 0.363 e. The molecule has 3 aromatic carbocycles. The third kappa shape index (κ3) is 5.63. The molecule has 0 aliphatic carbocycles. The van der Waals surface area contributed by atoms with Gasteiger partial charge in [-0.2, -0.15) is 0 Å². The Morgan fingerprint density at radius 2 is 1.79 bits per heavy atom. The number of rotatable bonds is 6. The highest BCUT2D eigenvalue weighted by Gasteiger charge is 2.26. The second-order valence-corrected chi connectivity index (χ2v) is 9.41. The van der Waals surface area contributed by atoms with Gasteiger partial charge in [-0.25, -0.2) is 9.79 Å². The van der Waals surface area contributed by atoms with Crippen molar-refractivity contribution < 1.29 is 19.0 Å². The summed E-state index contributed by atoms with van der Waals surface area (Å²) in [5, 5.41) is 1.15. The van der Waals surface area contributed by atoms with Crippen molar-refractivity contribution in [1.82, 2.24) is 0 Å². The number of ether oxygens (including phenoxy) is 3. The van der Waals surface area contributed by atoms with Crippen LogP contribution in [0.15, 0.2) is 65.3 Å². The van der Waals surface area contributed by atoms with E-state index in [-0.39, 0.29) is 11.6 Å². The summed E-state index contributed by atoms with van der Waals surface area (Å²) < 4.78 is 17.8. The molecule has 0 bridgehead atoms. The number of hydrogen-bond acceptors (Lipinski definition) is 5. The van der Waals surface area contributed by atoms with Crippen LogP contribution in [0.1, 0.15) is 16.7 Å². The van der Waals surface area contributed by atoms with Crippen LogP contribution >= 0.6 is 57.4 Å². The molecule has 5 nitrogen and oxygen atoms in total. The minimum Gasteiger partial charge on any atom is -0.493 e. The van der Waals surface area contributed by atoms with E-state index in [2.05, 4.69) is 27.6 Å². The van der Waals surface area contributed by atoms with Gasteiger partial charge in [0, 0.05) is 8.59 Å². The SMILES string of the molecule is COc1cc(/C=C2\N=C(c3cc(Cl)ccc3Cl)OC2=O)cc(Cl)c1OCc1ccc(I)cc1. The van der Waals surface area contributed by atoms with Gasteiger partial charge in [0.05, 0.1) is 22.7 Å². The van der Waals surface area contributed by atoms with Gasteiger partial charge in [-0.1, -0.05) is 46.9 Å². The Kier molecular flexibility index (Phi) is 7.48. The summed E-state index contributed by atoms with van der Waals surface area (Å²) >= 11 is 20.9. The number of aliphatic imine (C=N–C) groups is 1. The maximum atomic E-state index is 12.4. The number of nitrogens with zero attached hydrogens (tertiary/aromatic N) is 1. The molecular formula is C24H15Cl3INO4. The number of methoxy groups -OCH3 is 1. The van der Waals surface area contributed by atoms with Crippen molar-refractivity contribution in [3.05, 3.63) is 95.6 Å². The standard InChI is InChI=1S/C24H15Cl3INO4/c1-31-21-10-14(8-19(27)22(21)32-12-13-2-5-16(28)6-3-13)9-20-24(30)33-23(29-20)17-11-15(25)4-7-18(17)26/h2-11H,12H2,1H3/b20-9-. The van der Waals surface area contributed by atoms with Gasteiger partial charge < -0.3 is 14.2 Å². The molecule has 0 unspecified atom stereocenters. The van der Waals surface area contributed by atoms with Gasteiger partial charge in [0.15, 0.2) is 17.2 Å². The van der Waals surface area contributed by atoms with E-state index in [9.17, 15) is 4.79 Å². The summed E-state index contributed by atoms with van der Waals surface area (Å²) in [6, 6.07) is 16.2. The van der Waals surface area contributed by atoms with E-state index < -0.39 is 5.97 Å². The van der Waals surface area contributed by atoms with Crippen LogP contribution in [-0.4, -0.2) is 19.0 Å². The van der Waals surface area contributed by atoms with Crippen LogP contribution in [0.25, 0.3) is 6.08 Å². The van der Waals surface area contributed by atoms with Crippen LogP contribution in [-0.2, 0) is 16.1 Å². The first-order valence-corrected chi connectivity index (χ1v) is 11.8. The summed E-state index contributed by atoms with van der Waals surface area (Å²) in [6.07, 6.45) is 1.55. The topological polar surface area (TPSA) is 57.1 Å². The van der Waals surface area contributed by atoms with E-state index in [1.807, 2.05) is 24.3 Å². The Balaban J connectivity index is 1.60. The lowest BCUT2D eigenvalue weighted by atomic mass is 10.1. The molecule has 0 saturated heterocycles. The van der Waals surface area contributed by atoms with Crippen LogP contribution in [0.3, 0.4) is 0 Å². The Bertz CT molecular complexity index is 1290. The fourth-order valence-electron chi connectivity index (χ4n) is 3.04.